The van der Waals surface area contributed by atoms with Gasteiger partial charge in [0.15, 0.2) is 6.29 Å². The Morgan fingerprint density at radius 2 is 1.95 bits per heavy atom. The van der Waals surface area contributed by atoms with Crippen LogP contribution in [-0.2, 0) is 9.47 Å². The summed E-state index contributed by atoms with van der Waals surface area (Å²) in [6, 6.07) is 5.56. The molecular weight excluding hydrogens is 310 g/mol. The van der Waals surface area contributed by atoms with Gasteiger partial charge in [-0.05, 0) is 44.5 Å². The van der Waals surface area contributed by atoms with Crippen LogP contribution in [0, 0.1) is 6.92 Å². The lowest BCUT2D eigenvalue weighted by atomic mass is 10.1. The molecule has 1 amide bonds. The molecule has 4 nitrogen and oxygen atoms in total. The van der Waals surface area contributed by atoms with Gasteiger partial charge in [-0.25, -0.2) is 0 Å². The van der Waals surface area contributed by atoms with Gasteiger partial charge in [-0.15, -0.1) is 0 Å². The fourth-order valence-corrected chi connectivity index (χ4v) is 2.17. The van der Waals surface area contributed by atoms with Gasteiger partial charge in [-0.1, -0.05) is 15.9 Å². The second-order valence-electron chi connectivity index (χ2n) is 4.01. The molecule has 0 spiro atoms. The highest BCUT2D eigenvalue weighted by Crippen LogP contribution is 2.15. The van der Waals surface area contributed by atoms with Crippen LogP contribution in [0.4, 0.5) is 0 Å². The summed E-state index contributed by atoms with van der Waals surface area (Å²) in [6.07, 6.45) is -0.394. The molecule has 0 aliphatic heterocycles. The number of carbonyl (C=O) groups excluding carboxylic acids is 1. The summed E-state index contributed by atoms with van der Waals surface area (Å²) >= 11 is 3.38. The summed E-state index contributed by atoms with van der Waals surface area (Å²) in [7, 11) is 0. The molecule has 0 aliphatic rings. The van der Waals surface area contributed by atoms with E-state index >= 15 is 0 Å². The first-order chi connectivity index (χ1) is 9.08. The standard InChI is InChI=1S/C14H20BrNO3/c1-4-18-13(19-5-2)9-16-14(17)12-7-6-11(15)8-10(12)3/h6-8,13H,4-5,9H2,1-3H3,(H,16,17). The normalized spacial score (nSPS) is 10.8. The van der Waals surface area contributed by atoms with Crippen LogP contribution in [-0.4, -0.2) is 32.0 Å². The first kappa shape index (κ1) is 16.1. The van der Waals surface area contributed by atoms with Gasteiger partial charge in [-0.3, -0.25) is 4.79 Å². The Balaban J connectivity index is 2.58. The highest BCUT2D eigenvalue weighted by molar-refractivity contribution is 9.10. The summed E-state index contributed by atoms with van der Waals surface area (Å²) in [5, 5.41) is 2.82. The number of hydrogen-bond acceptors (Lipinski definition) is 3. The Morgan fingerprint density at radius 1 is 1.32 bits per heavy atom. The van der Waals surface area contributed by atoms with Crippen LogP contribution in [0.1, 0.15) is 29.8 Å². The number of amides is 1. The number of hydrogen-bond donors (Lipinski definition) is 1. The zero-order valence-electron chi connectivity index (χ0n) is 11.5. The molecular formula is C14H20BrNO3. The van der Waals surface area contributed by atoms with E-state index in [0.717, 1.165) is 10.0 Å². The van der Waals surface area contributed by atoms with Gasteiger partial charge in [0, 0.05) is 23.2 Å². The van der Waals surface area contributed by atoms with Gasteiger partial charge in [0.05, 0.1) is 6.54 Å². The Morgan fingerprint density at radius 3 is 2.47 bits per heavy atom. The molecule has 19 heavy (non-hydrogen) atoms. The SMILES string of the molecule is CCOC(CNC(=O)c1ccc(Br)cc1C)OCC. The van der Waals surface area contributed by atoms with Crippen molar-refractivity contribution in [2.75, 3.05) is 19.8 Å². The van der Waals surface area contributed by atoms with E-state index in [0.29, 0.717) is 25.3 Å². The summed E-state index contributed by atoms with van der Waals surface area (Å²) in [5.41, 5.74) is 1.59. The fraction of sp³-hybridized carbons (Fsp3) is 0.500. The van der Waals surface area contributed by atoms with Crippen LogP contribution in [0.3, 0.4) is 0 Å². The Kier molecular flexibility index (Phi) is 7.05. The van der Waals surface area contributed by atoms with E-state index in [2.05, 4.69) is 21.2 Å². The second-order valence-corrected chi connectivity index (χ2v) is 4.93. The van der Waals surface area contributed by atoms with Crippen LogP contribution in [0.15, 0.2) is 22.7 Å². The van der Waals surface area contributed by atoms with Gasteiger partial charge >= 0.3 is 0 Å². The molecule has 0 heterocycles. The van der Waals surface area contributed by atoms with Crippen LogP contribution in [0.2, 0.25) is 0 Å². The quantitative estimate of drug-likeness (QED) is 0.782. The molecule has 0 saturated heterocycles. The molecule has 1 N–H and O–H groups in total. The van der Waals surface area contributed by atoms with E-state index in [1.807, 2.05) is 32.9 Å². The monoisotopic (exact) mass is 329 g/mol. The number of aryl methyl sites for hydroxylation is 1. The minimum Gasteiger partial charge on any atom is -0.351 e. The first-order valence-corrected chi connectivity index (χ1v) is 7.15. The average molecular weight is 330 g/mol. The maximum absolute atomic E-state index is 12.1. The van der Waals surface area contributed by atoms with Crippen molar-refractivity contribution in [2.45, 2.75) is 27.1 Å². The molecule has 0 bridgehead atoms. The lowest BCUT2D eigenvalue weighted by molar-refractivity contribution is -0.131. The predicted molar refractivity (Wildman–Crippen MR) is 78.3 cm³/mol. The van der Waals surface area contributed by atoms with E-state index in [1.165, 1.54) is 0 Å². The molecule has 1 aromatic carbocycles. The summed E-state index contributed by atoms with van der Waals surface area (Å²) in [5.74, 6) is -0.116. The highest BCUT2D eigenvalue weighted by atomic mass is 79.9. The van der Waals surface area contributed by atoms with Crippen molar-refractivity contribution < 1.29 is 14.3 Å². The summed E-state index contributed by atoms with van der Waals surface area (Å²) < 4.78 is 11.7. The van der Waals surface area contributed by atoms with E-state index in [4.69, 9.17) is 9.47 Å². The number of halogens is 1. The lowest BCUT2D eigenvalue weighted by Crippen LogP contribution is -2.35. The van der Waals surface area contributed by atoms with E-state index in [9.17, 15) is 4.79 Å². The number of benzene rings is 1. The number of nitrogens with one attached hydrogen (secondary N) is 1. The van der Waals surface area contributed by atoms with Crippen LogP contribution in [0.25, 0.3) is 0 Å². The van der Waals surface area contributed by atoms with Crippen molar-refractivity contribution in [2.24, 2.45) is 0 Å². The maximum Gasteiger partial charge on any atom is 0.251 e. The molecule has 0 aromatic heterocycles. The Hall–Kier alpha value is -0.910. The Bertz CT molecular complexity index is 417. The minimum atomic E-state index is -0.394. The summed E-state index contributed by atoms with van der Waals surface area (Å²) in [4.78, 5) is 12.1. The first-order valence-electron chi connectivity index (χ1n) is 6.36. The molecule has 0 saturated carbocycles. The molecule has 5 heteroatoms. The van der Waals surface area contributed by atoms with Crippen molar-refractivity contribution >= 4 is 21.8 Å². The van der Waals surface area contributed by atoms with E-state index < -0.39 is 6.29 Å². The smallest absolute Gasteiger partial charge is 0.251 e. The predicted octanol–water partition coefficient (Wildman–Crippen LogP) is 2.89. The average Bonchev–Trinajstić information content (AvgIpc) is 2.36. The molecule has 1 aromatic rings. The second kappa shape index (κ2) is 8.30. The number of rotatable bonds is 7. The molecule has 1 rings (SSSR count). The van der Waals surface area contributed by atoms with Crippen LogP contribution in [0.5, 0.6) is 0 Å². The van der Waals surface area contributed by atoms with Crippen molar-refractivity contribution in [3.63, 3.8) is 0 Å². The third-order valence-corrected chi connectivity index (χ3v) is 3.06. The van der Waals surface area contributed by atoms with Crippen LogP contribution >= 0.6 is 15.9 Å². The van der Waals surface area contributed by atoms with Gasteiger partial charge in [0.1, 0.15) is 0 Å². The molecule has 0 aliphatic carbocycles. The fourth-order valence-electron chi connectivity index (χ4n) is 1.69. The molecule has 0 radical (unpaired) electrons. The Labute approximate surface area is 122 Å². The zero-order valence-corrected chi connectivity index (χ0v) is 13.1. The maximum atomic E-state index is 12.1. The zero-order chi connectivity index (χ0) is 14.3. The van der Waals surface area contributed by atoms with Crippen molar-refractivity contribution in [3.8, 4) is 0 Å². The lowest BCUT2D eigenvalue weighted by Gasteiger charge is -2.17. The van der Waals surface area contributed by atoms with Gasteiger partial charge in [0.2, 0.25) is 0 Å². The third-order valence-electron chi connectivity index (χ3n) is 2.57. The molecule has 106 valence electrons. The largest absolute Gasteiger partial charge is 0.351 e. The minimum absolute atomic E-state index is 0.116. The van der Waals surface area contributed by atoms with Crippen LogP contribution < -0.4 is 5.32 Å². The molecule has 0 fully saturated rings. The van der Waals surface area contributed by atoms with Crippen molar-refractivity contribution in [1.82, 2.24) is 5.32 Å². The van der Waals surface area contributed by atoms with Gasteiger partial charge in [-0.2, -0.15) is 0 Å². The van der Waals surface area contributed by atoms with Crippen molar-refractivity contribution in [1.29, 1.82) is 0 Å². The van der Waals surface area contributed by atoms with E-state index in [1.54, 1.807) is 6.07 Å². The molecule has 0 atom stereocenters. The number of ether oxygens (including phenoxy) is 2. The summed E-state index contributed by atoms with van der Waals surface area (Å²) in [6.45, 7) is 7.15. The molecule has 0 unspecified atom stereocenters. The van der Waals surface area contributed by atoms with Gasteiger partial charge < -0.3 is 14.8 Å². The number of carbonyl (C=O) groups is 1. The van der Waals surface area contributed by atoms with Gasteiger partial charge in [0.25, 0.3) is 5.91 Å². The highest BCUT2D eigenvalue weighted by Gasteiger charge is 2.13. The van der Waals surface area contributed by atoms with Crippen molar-refractivity contribution in [3.05, 3.63) is 33.8 Å². The third kappa shape index (κ3) is 5.30. The topological polar surface area (TPSA) is 47.6 Å². The van der Waals surface area contributed by atoms with E-state index in [-0.39, 0.29) is 5.91 Å².